The second-order valence-corrected chi connectivity index (χ2v) is 6.34. The molecule has 0 saturated carbocycles. The topological polar surface area (TPSA) is 65.1 Å². The first-order valence-corrected chi connectivity index (χ1v) is 8.64. The molecule has 0 unspecified atom stereocenters. The van der Waals surface area contributed by atoms with Gasteiger partial charge in [-0.05, 0) is 18.2 Å². The molecule has 0 radical (unpaired) electrons. The van der Waals surface area contributed by atoms with Crippen LogP contribution in [-0.2, 0) is 14.3 Å². The van der Waals surface area contributed by atoms with Gasteiger partial charge in [-0.25, -0.2) is 4.79 Å². The summed E-state index contributed by atoms with van der Waals surface area (Å²) in [6, 6.07) is 14.8. The maximum atomic E-state index is 13.0. The van der Waals surface area contributed by atoms with Gasteiger partial charge in [0.15, 0.2) is 11.5 Å². The number of para-hydroxylation sites is 2. The van der Waals surface area contributed by atoms with Gasteiger partial charge in [0.25, 0.3) is 0 Å². The van der Waals surface area contributed by atoms with Crippen molar-refractivity contribution in [2.75, 3.05) is 25.7 Å². The number of hydrogen-bond acceptors (Lipinski definition) is 5. The number of nitrogens with zero attached hydrogens (tertiary/aromatic N) is 1. The molecule has 1 atom stereocenters. The zero-order chi connectivity index (χ0) is 19.0. The van der Waals surface area contributed by atoms with Crippen molar-refractivity contribution in [3.63, 3.8) is 0 Å². The lowest BCUT2D eigenvalue weighted by molar-refractivity contribution is -0.136. The van der Waals surface area contributed by atoms with E-state index >= 15 is 0 Å². The van der Waals surface area contributed by atoms with Crippen LogP contribution in [0.2, 0.25) is 0 Å². The van der Waals surface area contributed by atoms with Crippen LogP contribution in [0.25, 0.3) is 0 Å². The molecule has 2 aromatic carbocycles. The van der Waals surface area contributed by atoms with Crippen LogP contribution in [0.1, 0.15) is 17.9 Å². The van der Waals surface area contributed by atoms with Gasteiger partial charge in [-0.15, -0.1) is 0 Å². The van der Waals surface area contributed by atoms with E-state index in [0.717, 1.165) is 11.3 Å². The highest BCUT2D eigenvalue weighted by atomic mass is 16.5. The van der Waals surface area contributed by atoms with E-state index < -0.39 is 11.9 Å². The molecular formula is C21H19NO5. The van der Waals surface area contributed by atoms with Gasteiger partial charge in [0.2, 0.25) is 5.91 Å². The van der Waals surface area contributed by atoms with Crippen LogP contribution in [0.3, 0.4) is 0 Å². The third kappa shape index (κ3) is 2.73. The first-order valence-electron chi connectivity index (χ1n) is 8.64. The van der Waals surface area contributed by atoms with Crippen LogP contribution in [0.15, 0.2) is 59.8 Å². The Hall–Kier alpha value is -3.28. The molecule has 0 N–H and O–H groups in total. The Morgan fingerprint density at radius 2 is 1.78 bits per heavy atom. The fourth-order valence-electron chi connectivity index (χ4n) is 3.78. The number of anilines is 1. The van der Waals surface area contributed by atoms with Crippen LogP contribution in [0.4, 0.5) is 5.69 Å². The predicted octanol–water partition coefficient (Wildman–Crippen LogP) is 3.04. The molecule has 4 rings (SSSR count). The zero-order valence-electron chi connectivity index (χ0n) is 15.1. The van der Waals surface area contributed by atoms with E-state index in [1.54, 1.807) is 25.2 Å². The number of cyclic esters (lactones) is 1. The van der Waals surface area contributed by atoms with E-state index in [1.807, 2.05) is 42.5 Å². The summed E-state index contributed by atoms with van der Waals surface area (Å²) in [7, 11) is 3.10. The molecule has 2 aliphatic heterocycles. The molecule has 6 heteroatoms. The van der Waals surface area contributed by atoms with Crippen molar-refractivity contribution < 1.29 is 23.8 Å². The summed E-state index contributed by atoms with van der Waals surface area (Å²) in [5, 5.41) is 0. The number of ether oxygens (including phenoxy) is 3. The number of rotatable bonds is 4. The Balaban J connectivity index is 1.87. The molecule has 0 fully saturated rings. The molecule has 2 aromatic rings. The van der Waals surface area contributed by atoms with Gasteiger partial charge in [-0.1, -0.05) is 30.3 Å². The normalized spacial score (nSPS) is 19.0. The van der Waals surface area contributed by atoms with Crippen molar-refractivity contribution in [2.45, 2.75) is 12.3 Å². The number of methoxy groups -OCH3 is 2. The maximum absolute atomic E-state index is 13.0. The lowest BCUT2D eigenvalue weighted by Gasteiger charge is -2.32. The lowest BCUT2D eigenvalue weighted by Crippen LogP contribution is -2.37. The molecule has 0 spiro atoms. The summed E-state index contributed by atoms with van der Waals surface area (Å²) in [6.45, 7) is 0.0809. The van der Waals surface area contributed by atoms with Gasteiger partial charge in [-0.2, -0.15) is 0 Å². The van der Waals surface area contributed by atoms with Gasteiger partial charge in [0, 0.05) is 23.6 Å². The molecule has 1 amide bonds. The maximum Gasteiger partial charge on any atom is 0.336 e. The molecule has 0 saturated heterocycles. The van der Waals surface area contributed by atoms with E-state index in [4.69, 9.17) is 14.2 Å². The highest BCUT2D eigenvalue weighted by molar-refractivity contribution is 6.06. The van der Waals surface area contributed by atoms with Crippen LogP contribution >= 0.6 is 0 Å². The average Bonchev–Trinajstić information content (AvgIpc) is 3.08. The molecule has 0 bridgehead atoms. The quantitative estimate of drug-likeness (QED) is 0.779. The van der Waals surface area contributed by atoms with Crippen molar-refractivity contribution in [3.8, 4) is 11.5 Å². The van der Waals surface area contributed by atoms with E-state index in [0.29, 0.717) is 22.8 Å². The SMILES string of the molecule is COc1cccc([C@H]2CC(=O)N(c3ccccc3)C3=C2C(=O)OC3)c1OC. The van der Waals surface area contributed by atoms with E-state index in [2.05, 4.69) is 0 Å². The summed E-state index contributed by atoms with van der Waals surface area (Å²) in [5.41, 5.74) is 2.57. The fraction of sp³-hybridized carbons (Fsp3) is 0.238. The van der Waals surface area contributed by atoms with Gasteiger partial charge >= 0.3 is 5.97 Å². The molecular weight excluding hydrogens is 346 g/mol. The van der Waals surface area contributed by atoms with E-state index in [9.17, 15) is 9.59 Å². The van der Waals surface area contributed by atoms with Gasteiger partial charge in [0.05, 0.1) is 25.5 Å². The molecule has 6 nitrogen and oxygen atoms in total. The highest BCUT2D eigenvalue weighted by Crippen LogP contribution is 2.46. The smallest absolute Gasteiger partial charge is 0.336 e. The first-order chi connectivity index (χ1) is 13.2. The van der Waals surface area contributed by atoms with Crippen LogP contribution in [-0.4, -0.2) is 32.7 Å². The number of carbonyl (C=O) groups excluding carboxylic acids is 2. The second-order valence-electron chi connectivity index (χ2n) is 6.34. The summed E-state index contributed by atoms with van der Waals surface area (Å²) < 4.78 is 16.2. The minimum atomic E-state index is -0.437. The monoisotopic (exact) mass is 365 g/mol. The molecule has 27 heavy (non-hydrogen) atoms. The van der Waals surface area contributed by atoms with Crippen molar-refractivity contribution in [2.24, 2.45) is 0 Å². The Labute approximate surface area is 156 Å². The third-order valence-electron chi connectivity index (χ3n) is 4.94. The molecule has 0 aromatic heterocycles. The van der Waals surface area contributed by atoms with Crippen molar-refractivity contribution in [1.29, 1.82) is 0 Å². The fourth-order valence-corrected chi connectivity index (χ4v) is 3.78. The van der Waals surface area contributed by atoms with Crippen molar-refractivity contribution >= 4 is 17.6 Å². The number of hydrogen-bond donors (Lipinski definition) is 0. The minimum Gasteiger partial charge on any atom is -0.493 e. The highest BCUT2D eigenvalue weighted by Gasteiger charge is 2.44. The molecule has 138 valence electrons. The largest absolute Gasteiger partial charge is 0.493 e. The summed E-state index contributed by atoms with van der Waals surface area (Å²) in [4.78, 5) is 27.2. The Bertz CT molecular complexity index is 935. The first kappa shape index (κ1) is 17.1. The number of amides is 1. The Morgan fingerprint density at radius 3 is 2.48 bits per heavy atom. The van der Waals surface area contributed by atoms with Crippen LogP contribution in [0, 0.1) is 0 Å². The van der Waals surface area contributed by atoms with Gasteiger partial charge < -0.3 is 14.2 Å². The lowest BCUT2D eigenvalue weighted by atomic mass is 9.83. The Morgan fingerprint density at radius 1 is 1.00 bits per heavy atom. The summed E-state index contributed by atoms with van der Waals surface area (Å²) in [5.74, 6) is 0.160. The molecule has 2 heterocycles. The zero-order valence-corrected chi connectivity index (χ0v) is 15.1. The summed E-state index contributed by atoms with van der Waals surface area (Å²) >= 11 is 0. The number of esters is 1. The van der Waals surface area contributed by atoms with E-state index in [-0.39, 0.29) is 18.9 Å². The molecule has 2 aliphatic rings. The Kier molecular flexibility index (Phi) is 4.32. The van der Waals surface area contributed by atoms with Crippen LogP contribution < -0.4 is 14.4 Å². The van der Waals surface area contributed by atoms with Crippen molar-refractivity contribution in [1.82, 2.24) is 0 Å². The second kappa shape index (κ2) is 6.79. The number of benzene rings is 2. The van der Waals surface area contributed by atoms with Crippen LogP contribution in [0.5, 0.6) is 11.5 Å². The predicted molar refractivity (Wildman–Crippen MR) is 98.8 cm³/mol. The third-order valence-corrected chi connectivity index (χ3v) is 4.94. The van der Waals surface area contributed by atoms with E-state index in [1.165, 1.54) is 0 Å². The van der Waals surface area contributed by atoms with Gasteiger partial charge in [0.1, 0.15) is 6.61 Å². The number of carbonyl (C=O) groups is 2. The standard InChI is InChI=1S/C21H19NO5/c1-25-17-10-6-9-14(20(17)26-2)15-11-18(23)22(13-7-4-3-5-8-13)16-12-27-21(24)19(15)16/h3-10,15H,11-12H2,1-2H3/t15-/m1/s1. The summed E-state index contributed by atoms with van der Waals surface area (Å²) in [6.07, 6.45) is 0.145. The molecule has 0 aliphatic carbocycles. The van der Waals surface area contributed by atoms with Crippen molar-refractivity contribution in [3.05, 3.63) is 65.4 Å². The minimum absolute atomic E-state index is 0.0809. The average molecular weight is 365 g/mol. The van der Waals surface area contributed by atoms with Gasteiger partial charge in [-0.3, -0.25) is 9.69 Å².